The number of hydrogen-bond acceptors (Lipinski definition) is 4. The number of H-pyrrole nitrogens is 1. The number of thioether (sulfide) groups is 1. The molecule has 5 nitrogen and oxygen atoms in total. The molecule has 0 aliphatic heterocycles. The van der Waals surface area contributed by atoms with Crippen LogP contribution in [0.5, 0.6) is 0 Å². The number of aryl methyl sites for hydroxylation is 1. The quantitative estimate of drug-likeness (QED) is 0.724. The molecule has 1 aliphatic rings. The number of fused-ring (bicyclic) bond motifs is 1. The lowest BCUT2D eigenvalue weighted by molar-refractivity contribution is 0.259. The molecule has 1 aliphatic carbocycles. The van der Waals surface area contributed by atoms with E-state index in [4.69, 9.17) is 0 Å². The summed E-state index contributed by atoms with van der Waals surface area (Å²) in [6.45, 7) is 1.73. The fourth-order valence-corrected chi connectivity index (χ4v) is 4.47. The van der Waals surface area contributed by atoms with Gasteiger partial charge in [-0.25, -0.2) is 13.8 Å². The highest BCUT2D eigenvalue weighted by atomic mass is 32.2. The van der Waals surface area contributed by atoms with Crippen molar-refractivity contribution in [3.63, 3.8) is 0 Å². The van der Waals surface area contributed by atoms with E-state index in [1.807, 2.05) is 0 Å². The second-order valence-electron chi connectivity index (χ2n) is 6.42. The second-order valence-corrected chi connectivity index (χ2v) is 7.38. The van der Waals surface area contributed by atoms with E-state index in [1.54, 1.807) is 6.92 Å². The lowest BCUT2D eigenvalue weighted by atomic mass is 9.65. The summed E-state index contributed by atoms with van der Waals surface area (Å²) in [5.74, 6) is -0.220. The normalized spacial score (nSPS) is 16.1. The molecule has 0 atom stereocenters. The maximum Gasteiger partial charge on any atom is 0.274 e. The number of halogens is 2. The number of nitrogens with one attached hydrogen (secondary N) is 1. The van der Waals surface area contributed by atoms with Crippen LogP contribution in [0.3, 0.4) is 0 Å². The van der Waals surface area contributed by atoms with Crippen molar-refractivity contribution in [3.8, 4) is 0 Å². The molecule has 0 bridgehead atoms. The number of benzene rings is 1. The Kier molecular flexibility index (Phi) is 3.87. The third-order valence-corrected chi connectivity index (χ3v) is 5.88. The summed E-state index contributed by atoms with van der Waals surface area (Å²) in [6, 6.07) is 5.41. The third-order valence-electron chi connectivity index (χ3n) is 4.73. The Morgan fingerprint density at radius 2 is 2.00 bits per heavy atom. The van der Waals surface area contributed by atoms with E-state index in [9.17, 15) is 13.6 Å². The van der Waals surface area contributed by atoms with Crippen LogP contribution in [0.15, 0.2) is 34.2 Å². The van der Waals surface area contributed by atoms with E-state index in [0.29, 0.717) is 22.4 Å². The van der Waals surface area contributed by atoms with E-state index in [1.165, 1.54) is 40.5 Å². The maximum atomic E-state index is 14.2. The van der Waals surface area contributed by atoms with E-state index >= 15 is 0 Å². The van der Waals surface area contributed by atoms with Gasteiger partial charge in [0, 0.05) is 28.5 Å². The number of hydrogen-bond donors (Lipinski definition) is 1. The summed E-state index contributed by atoms with van der Waals surface area (Å²) in [5, 5.41) is 3.41. The Morgan fingerprint density at radius 1 is 1.28 bits per heavy atom. The Hall–Kier alpha value is -2.22. The summed E-state index contributed by atoms with van der Waals surface area (Å²) in [6.07, 6.45) is 2.40. The summed E-state index contributed by atoms with van der Waals surface area (Å²) in [7, 11) is 0. The van der Waals surface area contributed by atoms with Gasteiger partial charge in [-0.15, -0.1) is 0 Å². The molecule has 4 rings (SSSR count). The molecule has 25 heavy (non-hydrogen) atoms. The van der Waals surface area contributed by atoms with Crippen LogP contribution in [0.2, 0.25) is 0 Å². The molecule has 3 aromatic rings. The third kappa shape index (κ3) is 2.74. The number of aromatic amines is 1. The molecular formula is C17H16F2N4OS. The van der Waals surface area contributed by atoms with Gasteiger partial charge in [0.05, 0.1) is 0 Å². The standard InChI is InChI=1S/C17H16F2N4OS/c1-10-8-13(24)23-15(20-10)21-16(22-23)25-9-17(6-3-7-17)14-11(18)4-2-5-12(14)19/h2,4-5,8H,3,6-7,9H2,1H3,(H,20,21,22). The van der Waals surface area contributed by atoms with E-state index in [2.05, 4.69) is 15.1 Å². The minimum absolute atomic E-state index is 0.163. The van der Waals surface area contributed by atoms with Gasteiger partial charge >= 0.3 is 0 Å². The topological polar surface area (TPSA) is 63.0 Å². The van der Waals surface area contributed by atoms with Crippen LogP contribution in [-0.4, -0.2) is 25.3 Å². The SMILES string of the molecule is Cc1cc(=O)n2[nH]c(SCC3(c4c(F)cccc4F)CCC3)nc2n1. The van der Waals surface area contributed by atoms with Crippen LogP contribution in [0.1, 0.15) is 30.5 Å². The van der Waals surface area contributed by atoms with E-state index < -0.39 is 17.0 Å². The van der Waals surface area contributed by atoms with Crippen LogP contribution in [0.4, 0.5) is 8.78 Å². The van der Waals surface area contributed by atoms with Crippen molar-refractivity contribution in [1.82, 2.24) is 19.6 Å². The van der Waals surface area contributed by atoms with Gasteiger partial charge in [0.1, 0.15) is 11.6 Å². The molecule has 1 saturated carbocycles. The molecule has 0 unspecified atom stereocenters. The zero-order valence-electron chi connectivity index (χ0n) is 13.6. The molecule has 1 aromatic carbocycles. The minimum Gasteiger partial charge on any atom is -0.267 e. The molecule has 0 amide bonds. The van der Waals surface area contributed by atoms with Crippen LogP contribution >= 0.6 is 11.8 Å². The highest BCUT2D eigenvalue weighted by Gasteiger charge is 2.42. The second kappa shape index (κ2) is 5.94. The van der Waals surface area contributed by atoms with E-state index in [-0.39, 0.29) is 11.1 Å². The lowest BCUT2D eigenvalue weighted by Gasteiger charge is -2.42. The van der Waals surface area contributed by atoms with E-state index in [0.717, 1.165) is 19.3 Å². The van der Waals surface area contributed by atoms with Crippen LogP contribution < -0.4 is 5.56 Å². The molecule has 2 aromatic heterocycles. The molecule has 1 fully saturated rings. The fraction of sp³-hybridized carbons (Fsp3) is 0.353. The van der Waals surface area contributed by atoms with Crippen molar-refractivity contribution in [2.75, 3.05) is 5.75 Å². The first-order valence-corrected chi connectivity index (χ1v) is 9.01. The largest absolute Gasteiger partial charge is 0.274 e. The molecule has 1 N–H and O–H groups in total. The predicted molar refractivity (Wildman–Crippen MR) is 91.0 cm³/mol. The zero-order chi connectivity index (χ0) is 17.6. The van der Waals surface area contributed by atoms with Gasteiger partial charge in [-0.3, -0.25) is 9.89 Å². The monoisotopic (exact) mass is 362 g/mol. The van der Waals surface area contributed by atoms with Crippen molar-refractivity contribution in [3.05, 3.63) is 57.5 Å². The first-order valence-electron chi connectivity index (χ1n) is 8.02. The van der Waals surface area contributed by atoms with Gasteiger partial charge in [0.15, 0.2) is 5.16 Å². The first kappa shape index (κ1) is 16.3. The van der Waals surface area contributed by atoms with Crippen molar-refractivity contribution in [2.45, 2.75) is 36.8 Å². The van der Waals surface area contributed by atoms with Crippen LogP contribution in [-0.2, 0) is 5.41 Å². The first-order chi connectivity index (χ1) is 12.0. The van der Waals surface area contributed by atoms with Gasteiger partial charge in [-0.2, -0.15) is 9.50 Å². The van der Waals surface area contributed by atoms with Gasteiger partial charge in [-0.05, 0) is 31.9 Å². The average Bonchev–Trinajstić information content (AvgIpc) is 2.91. The van der Waals surface area contributed by atoms with Crippen molar-refractivity contribution < 1.29 is 8.78 Å². The highest BCUT2D eigenvalue weighted by Crippen LogP contribution is 2.48. The molecule has 0 radical (unpaired) electrons. The smallest absolute Gasteiger partial charge is 0.267 e. The van der Waals surface area contributed by atoms with Gasteiger partial charge < -0.3 is 0 Å². The Bertz CT molecular complexity index is 989. The summed E-state index contributed by atoms with van der Waals surface area (Å²) < 4.78 is 29.7. The number of rotatable bonds is 4. The molecule has 0 spiro atoms. The lowest BCUT2D eigenvalue weighted by Crippen LogP contribution is -2.38. The number of nitrogens with zero attached hydrogens (tertiary/aromatic N) is 3. The minimum atomic E-state index is -0.534. The summed E-state index contributed by atoms with van der Waals surface area (Å²) >= 11 is 1.36. The van der Waals surface area contributed by atoms with Crippen molar-refractivity contribution in [2.24, 2.45) is 0 Å². The Labute approximate surface area is 146 Å². The molecule has 8 heteroatoms. The average molecular weight is 362 g/mol. The van der Waals surface area contributed by atoms with Crippen LogP contribution in [0.25, 0.3) is 5.78 Å². The Morgan fingerprint density at radius 3 is 2.64 bits per heavy atom. The summed E-state index contributed by atoms with van der Waals surface area (Å²) in [4.78, 5) is 20.5. The fourth-order valence-electron chi connectivity index (χ4n) is 3.32. The molecule has 0 saturated heterocycles. The maximum absolute atomic E-state index is 14.2. The van der Waals surface area contributed by atoms with Gasteiger partial charge in [0.25, 0.3) is 11.3 Å². The predicted octanol–water partition coefficient (Wildman–Crippen LogP) is 3.22. The van der Waals surface area contributed by atoms with Crippen LogP contribution in [0, 0.1) is 18.6 Å². The van der Waals surface area contributed by atoms with Crippen molar-refractivity contribution in [1.29, 1.82) is 0 Å². The number of aromatic nitrogens is 4. The Balaban J connectivity index is 1.64. The highest BCUT2D eigenvalue weighted by molar-refractivity contribution is 7.99. The zero-order valence-corrected chi connectivity index (χ0v) is 14.4. The van der Waals surface area contributed by atoms with Gasteiger partial charge in [-0.1, -0.05) is 24.2 Å². The molecule has 2 heterocycles. The molecule has 130 valence electrons. The van der Waals surface area contributed by atoms with Crippen molar-refractivity contribution >= 4 is 17.5 Å². The summed E-state index contributed by atoms with van der Waals surface area (Å²) in [5.41, 5.74) is -0.0128. The van der Waals surface area contributed by atoms with Gasteiger partial charge in [0.2, 0.25) is 0 Å². The molecular weight excluding hydrogens is 346 g/mol.